The Kier molecular flexibility index (Phi) is 2.92. The minimum atomic E-state index is -0.230. The van der Waals surface area contributed by atoms with Gasteiger partial charge in [-0.3, -0.25) is 4.79 Å². The van der Waals surface area contributed by atoms with Crippen LogP contribution in [0.1, 0.15) is 52.4 Å². The number of hydrogen-bond acceptors (Lipinski definition) is 2. The fourth-order valence-electron chi connectivity index (χ4n) is 5.34. The highest BCUT2D eigenvalue weighted by atomic mass is 16.1. The van der Waals surface area contributed by atoms with E-state index in [0.29, 0.717) is 11.5 Å². The maximum Gasteiger partial charge on any atom is 0.234 e. The predicted octanol–water partition coefficient (Wildman–Crippen LogP) is 2.05. The van der Waals surface area contributed by atoms with Crippen LogP contribution in [-0.2, 0) is 4.79 Å². The number of amides is 1. The SMILES string of the molecule is C[C@H](N[C@H](C)C(N)=O)C12CC3CC(CC(C3)C1)C2. The zero-order chi connectivity index (χ0) is 12.9. The first-order valence-corrected chi connectivity index (χ1v) is 7.54. The van der Waals surface area contributed by atoms with Gasteiger partial charge in [-0.2, -0.15) is 0 Å². The Bertz CT molecular complexity index is 317. The maximum atomic E-state index is 11.2. The summed E-state index contributed by atoms with van der Waals surface area (Å²) in [5.74, 6) is 2.66. The van der Waals surface area contributed by atoms with Crippen LogP contribution < -0.4 is 11.1 Å². The molecule has 4 aliphatic rings. The molecule has 102 valence electrons. The van der Waals surface area contributed by atoms with Gasteiger partial charge >= 0.3 is 0 Å². The third kappa shape index (κ3) is 1.97. The average Bonchev–Trinajstić information content (AvgIpc) is 2.26. The Balaban J connectivity index is 1.72. The lowest BCUT2D eigenvalue weighted by Gasteiger charge is -2.59. The number of primary amides is 1. The molecule has 3 heteroatoms. The summed E-state index contributed by atoms with van der Waals surface area (Å²) in [5, 5.41) is 3.46. The van der Waals surface area contributed by atoms with Crippen LogP contribution >= 0.6 is 0 Å². The Hall–Kier alpha value is -0.570. The van der Waals surface area contributed by atoms with Gasteiger partial charge in [-0.1, -0.05) is 0 Å². The zero-order valence-electron chi connectivity index (χ0n) is 11.6. The molecule has 0 heterocycles. The molecule has 0 unspecified atom stereocenters. The van der Waals surface area contributed by atoms with Crippen LogP contribution in [0.15, 0.2) is 0 Å². The van der Waals surface area contributed by atoms with Crippen molar-refractivity contribution in [3.8, 4) is 0 Å². The minimum absolute atomic E-state index is 0.201. The van der Waals surface area contributed by atoms with Gasteiger partial charge in [0.15, 0.2) is 0 Å². The summed E-state index contributed by atoms with van der Waals surface area (Å²) in [6.07, 6.45) is 8.53. The van der Waals surface area contributed by atoms with E-state index in [9.17, 15) is 4.79 Å². The van der Waals surface area contributed by atoms with Crippen molar-refractivity contribution in [1.29, 1.82) is 0 Å². The van der Waals surface area contributed by atoms with Gasteiger partial charge in [-0.15, -0.1) is 0 Å². The second-order valence-corrected chi connectivity index (χ2v) is 7.29. The molecular weight excluding hydrogens is 224 g/mol. The highest BCUT2D eigenvalue weighted by Crippen LogP contribution is 2.61. The van der Waals surface area contributed by atoms with Crippen LogP contribution in [0.25, 0.3) is 0 Å². The van der Waals surface area contributed by atoms with Crippen LogP contribution in [0.3, 0.4) is 0 Å². The summed E-state index contributed by atoms with van der Waals surface area (Å²) in [5.41, 5.74) is 5.83. The highest BCUT2D eigenvalue weighted by Gasteiger charge is 2.53. The largest absolute Gasteiger partial charge is 0.368 e. The first-order valence-electron chi connectivity index (χ1n) is 7.54. The summed E-state index contributed by atoms with van der Waals surface area (Å²) in [6, 6.07) is 0.224. The number of carbonyl (C=O) groups is 1. The van der Waals surface area contributed by atoms with Crippen molar-refractivity contribution in [2.75, 3.05) is 0 Å². The number of carbonyl (C=O) groups excluding carboxylic acids is 1. The van der Waals surface area contributed by atoms with Crippen molar-refractivity contribution in [2.45, 2.75) is 64.5 Å². The molecule has 4 fully saturated rings. The smallest absolute Gasteiger partial charge is 0.234 e. The van der Waals surface area contributed by atoms with Gasteiger partial charge in [-0.25, -0.2) is 0 Å². The molecule has 0 radical (unpaired) electrons. The van der Waals surface area contributed by atoms with E-state index >= 15 is 0 Å². The van der Waals surface area contributed by atoms with Gasteiger partial charge in [0.2, 0.25) is 5.91 Å². The van der Waals surface area contributed by atoms with Crippen molar-refractivity contribution < 1.29 is 4.79 Å². The van der Waals surface area contributed by atoms with E-state index in [4.69, 9.17) is 5.73 Å². The molecule has 4 saturated carbocycles. The lowest BCUT2D eigenvalue weighted by molar-refractivity contribution is -0.120. The average molecular weight is 250 g/mol. The topological polar surface area (TPSA) is 55.1 Å². The fraction of sp³-hybridized carbons (Fsp3) is 0.933. The third-order valence-corrected chi connectivity index (χ3v) is 5.93. The van der Waals surface area contributed by atoms with Crippen molar-refractivity contribution in [2.24, 2.45) is 28.9 Å². The van der Waals surface area contributed by atoms with Crippen LogP contribution in [0, 0.1) is 23.2 Å². The molecule has 2 atom stereocenters. The summed E-state index contributed by atoms with van der Waals surface area (Å²) < 4.78 is 0. The number of nitrogens with one attached hydrogen (secondary N) is 1. The van der Waals surface area contributed by atoms with Crippen LogP contribution in [0.2, 0.25) is 0 Å². The molecule has 0 saturated heterocycles. The molecule has 3 N–H and O–H groups in total. The van der Waals surface area contributed by atoms with Gasteiger partial charge in [0, 0.05) is 6.04 Å². The molecule has 4 aliphatic carbocycles. The van der Waals surface area contributed by atoms with Crippen molar-refractivity contribution in [3.63, 3.8) is 0 Å². The molecule has 4 rings (SSSR count). The monoisotopic (exact) mass is 250 g/mol. The van der Waals surface area contributed by atoms with Crippen LogP contribution in [-0.4, -0.2) is 18.0 Å². The Labute approximate surface area is 110 Å². The molecule has 4 bridgehead atoms. The van der Waals surface area contributed by atoms with Crippen molar-refractivity contribution >= 4 is 5.91 Å². The van der Waals surface area contributed by atoms with Gasteiger partial charge < -0.3 is 11.1 Å². The normalized spacial score (nSPS) is 44.9. The summed E-state index contributed by atoms with van der Waals surface area (Å²) in [6.45, 7) is 4.16. The number of hydrogen-bond donors (Lipinski definition) is 2. The van der Waals surface area contributed by atoms with Crippen molar-refractivity contribution in [1.82, 2.24) is 5.32 Å². The molecule has 18 heavy (non-hydrogen) atoms. The molecule has 0 aromatic heterocycles. The minimum Gasteiger partial charge on any atom is -0.368 e. The first kappa shape index (κ1) is 12.5. The van der Waals surface area contributed by atoms with E-state index in [0.717, 1.165) is 17.8 Å². The molecule has 3 nitrogen and oxygen atoms in total. The maximum absolute atomic E-state index is 11.2. The predicted molar refractivity (Wildman–Crippen MR) is 71.9 cm³/mol. The van der Waals surface area contributed by atoms with E-state index < -0.39 is 0 Å². The summed E-state index contributed by atoms with van der Waals surface area (Å²) in [7, 11) is 0. The molecule has 0 aromatic carbocycles. The van der Waals surface area contributed by atoms with Crippen LogP contribution in [0.5, 0.6) is 0 Å². The Morgan fingerprint density at radius 2 is 1.56 bits per heavy atom. The molecule has 0 spiro atoms. The van der Waals surface area contributed by atoms with Gasteiger partial charge in [-0.05, 0) is 75.5 Å². The number of rotatable bonds is 4. The van der Waals surface area contributed by atoms with E-state index in [1.807, 2.05) is 6.92 Å². The second-order valence-electron chi connectivity index (χ2n) is 7.29. The highest BCUT2D eigenvalue weighted by molar-refractivity contribution is 5.79. The van der Waals surface area contributed by atoms with E-state index in [2.05, 4.69) is 12.2 Å². The second kappa shape index (κ2) is 4.22. The lowest BCUT2D eigenvalue weighted by Crippen LogP contribution is -2.57. The van der Waals surface area contributed by atoms with Crippen LogP contribution in [0.4, 0.5) is 0 Å². The van der Waals surface area contributed by atoms with E-state index in [1.165, 1.54) is 38.5 Å². The lowest BCUT2D eigenvalue weighted by atomic mass is 9.48. The molecular formula is C15H26N2O. The van der Waals surface area contributed by atoms with Gasteiger partial charge in [0.05, 0.1) is 6.04 Å². The molecule has 0 aliphatic heterocycles. The Morgan fingerprint density at radius 1 is 1.11 bits per heavy atom. The summed E-state index contributed by atoms with van der Waals surface area (Å²) in [4.78, 5) is 11.2. The fourth-order valence-corrected chi connectivity index (χ4v) is 5.34. The Morgan fingerprint density at radius 3 is 1.94 bits per heavy atom. The zero-order valence-corrected chi connectivity index (χ0v) is 11.6. The van der Waals surface area contributed by atoms with E-state index in [-0.39, 0.29) is 11.9 Å². The standard InChI is InChI=1S/C15H26N2O/c1-9(14(16)18)17-10(2)15-6-11-3-12(7-15)5-13(4-11)8-15/h9-13,17H,3-8H2,1-2H3,(H2,16,18)/t9-,10+,11?,12?,13?,15?/m1/s1. The van der Waals surface area contributed by atoms with E-state index in [1.54, 1.807) is 0 Å². The van der Waals surface area contributed by atoms with Crippen molar-refractivity contribution in [3.05, 3.63) is 0 Å². The van der Waals surface area contributed by atoms with Gasteiger partial charge in [0.25, 0.3) is 0 Å². The summed E-state index contributed by atoms with van der Waals surface area (Å²) >= 11 is 0. The quantitative estimate of drug-likeness (QED) is 0.802. The number of nitrogens with two attached hydrogens (primary N) is 1. The molecule has 1 amide bonds. The molecule has 0 aromatic rings. The van der Waals surface area contributed by atoms with Gasteiger partial charge in [0.1, 0.15) is 0 Å². The third-order valence-electron chi connectivity index (χ3n) is 5.93. The first-order chi connectivity index (χ1) is 8.48.